The van der Waals surface area contributed by atoms with Crippen LogP contribution in [0, 0.1) is 4.77 Å². The molecule has 0 unspecified atom stereocenters. The summed E-state index contributed by atoms with van der Waals surface area (Å²) in [5.74, 6) is 1.30. The fraction of sp³-hybridized carbons (Fsp3) is 0.190. The molecule has 0 spiro atoms. The second kappa shape index (κ2) is 9.14. The lowest BCUT2D eigenvalue weighted by molar-refractivity contribution is -0.131. The molecule has 1 aromatic heterocycles. The molecule has 6 nitrogen and oxygen atoms in total. The van der Waals surface area contributed by atoms with E-state index in [0.717, 1.165) is 16.9 Å². The number of H-pyrrole nitrogens is 1. The predicted octanol–water partition coefficient (Wildman–Crippen LogP) is 3.83. The quantitative estimate of drug-likeness (QED) is 0.466. The zero-order chi connectivity index (χ0) is 19.9. The third-order valence-electron chi connectivity index (χ3n) is 4.32. The molecule has 1 N–H and O–H groups in total. The summed E-state index contributed by atoms with van der Waals surface area (Å²) < 4.78 is 7.30. The van der Waals surface area contributed by atoms with E-state index in [9.17, 15) is 4.79 Å². The van der Waals surface area contributed by atoms with Gasteiger partial charge >= 0.3 is 0 Å². The molecule has 3 rings (SSSR count). The van der Waals surface area contributed by atoms with Crippen LogP contribution in [0.2, 0.25) is 0 Å². The van der Waals surface area contributed by atoms with E-state index in [2.05, 4.69) is 16.8 Å². The van der Waals surface area contributed by atoms with Crippen LogP contribution in [-0.4, -0.2) is 39.2 Å². The predicted molar refractivity (Wildman–Crippen MR) is 111 cm³/mol. The van der Waals surface area contributed by atoms with Crippen molar-refractivity contribution in [1.82, 2.24) is 19.7 Å². The van der Waals surface area contributed by atoms with Crippen LogP contribution in [0.25, 0.3) is 11.4 Å². The minimum atomic E-state index is -0.0592. The van der Waals surface area contributed by atoms with Crippen molar-refractivity contribution < 1.29 is 9.53 Å². The van der Waals surface area contributed by atoms with Crippen LogP contribution in [0.3, 0.4) is 0 Å². The molecule has 0 aliphatic heterocycles. The van der Waals surface area contributed by atoms with Gasteiger partial charge in [-0.1, -0.05) is 36.4 Å². The van der Waals surface area contributed by atoms with Crippen LogP contribution < -0.4 is 4.74 Å². The van der Waals surface area contributed by atoms with E-state index in [1.807, 2.05) is 54.6 Å². The van der Waals surface area contributed by atoms with Gasteiger partial charge in [-0.15, -0.1) is 6.58 Å². The lowest BCUT2D eigenvalue weighted by atomic mass is 10.2. The highest BCUT2D eigenvalue weighted by molar-refractivity contribution is 7.71. The van der Waals surface area contributed by atoms with Gasteiger partial charge in [-0.05, 0) is 42.0 Å². The maximum atomic E-state index is 13.0. The number of methoxy groups -OCH3 is 1. The maximum absolute atomic E-state index is 13.0. The first-order chi connectivity index (χ1) is 13.6. The zero-order valence-electron chi connectivity index (χ0n) is 15.7. The summed E-state index contributed by atoms with van der Waals surface area (Å²) in [6.45, 7) is 4.83. The molecule has 1 amide bonds. The normalized spacial score (nSPS) is 10.5. The van der Waals surface area contributed by atoms with Gasteiger partial charge in [0, 0.05) is 18.7 Å². The molecule has 0 fully saturated rings. The van der Waals surface area contributed by atoms with Gasteiger partial charge in [0.05, 0.1) is 7.11 Å². The van der Waals surface area contributed by atoms with E-state index >= 15 is 0 Å². The topological polar surface area (TPSA) is 63.1 Å². The second-order valence-electron chi connectivity index (χ2n) is 6.22. The summed E-state index contributed by atoms with van der Waals surface area (Å²) >= 11 is 5.35. The highest BCUT2D eigenvalue weighted by Crippen LogP contribution is 2.21. The van der Waals surface area contributed by atoms with Crippen LogP contribution in [0.15, 0.2) is 67.3 Å². The van der Waals surface area contributed by atoms with Gasteiger partial charge in [0.25, 0.3) is 0 Å². The number of amides is 1. The highest BCUT2D eigenvalue weighted by Gasteiger charge is 2.17. The molecule has 0 bridgehead atoms. The van der Waals surface area contributed by atoms with Crippen LogP contribution in [0.1, 0.15) is 5.56 Å². The largest absolute Gasteiger partial charge is 0.497 e. The van der Waals surface area contributed by atoms with Crippen LogP contribution in [0.5, 0.6) is 5.75 Å². The Bertz CT molecular complexity index is 993. The van der Waals surface area contributed by atoms with Crippen molar-refractivity contribution in [2.24, 2.45) is 0 Å². The molecule has 2 aromatic carbocycles. The number of ether oxygens (including phenoxy) is 1. The van der Waals surface area contributed by atoms with E-state index in [1.54, 1.807) is 22.7 Å². The first-order valence-corrected chi connectivity index (χ1v) is 9.25. The van der Waals surface area contributed by atoms with Gasteiger partial charge in [0.2, 0.25) is 5.91 Å². The van der Waals surface area contributed by atoms with Crippen LogP contribution >= 0.6 is 12.2 Å². The molecular weight excluding hydrogens is 372 g/mol. The Balaban J connectivity index is 1.83. The number of benzene rings is 2. The second-order valence-corrected chi connectivity index (χ2v) is 6.60. The molecule has 0 radical (unpaired) electrons. The number of hydrogen-bond acceptors (Lipinski definition) is 4. The Labute approximate surface area is 169 Å². The summed E-state index contributed by atoms with van der Waals surface area (Å²) in [6, 6.07) is 17.3. The number of nitrogens with one attached hydrogen (secondary N) is 1. The molecule has 7 heteroatoms. The smallest absolute Gasteiger partial charge is 0.243 e. The molecular formula is C21H22N4O2S. The van der Waals surface area contributed by atoms with Gasteiger partial charge in [-0.25, -0.2) is 0 Å². The summed E-state index contributed by atoms with van der Waals surface area (Å²) in [6.07, 6.45) is 1.72. The fourth-order valence-electron chi connectivity index (χ4n) is 2.87. The Morgan fingerprint density at radius 2 is 1.96 bits per heavy atom. The van der Waals surface area contributed by atoms with Gasteiger partial charge in [0.1, 0.15) is 12.3 Å². The lowest BCUT2D eigenvalue weighted by Crippen LogP contribution is -2.33. The monoisotopic (exact) mass is 394 g/mol. The number of hydrogen-bond donors (Lipinski definition) is 1. The van der Waals surface area contributed by atoms with Crippen LogP contribution in [0.4, 0.5) is 0 Å². The third-order valence-corrected chi connectivity index (χ3v) is 4.63. The summed E-state index contributed by atoms with van der Waals surface area (Å²) in [4.78, 5) is 14.7. The number of rotatable bonds is 8. The van der Waals surface area contributed by atoms with E-state index in [1.165, 1.54) is 0 Å². The molecule has 0 atom stereocenters. The van der Waals surface area contributed by atoms with E-state index in [-0.39, 0.29) is 12.5 Å². The van der Waals surface area contributed by atoms with Crippen molar-refractivity contribution in [3.63, 3.8) is 0 Å². The van der Waals surface area contributed by atoms with Gasteiger partial charge in [-0.2, -0.15) is 5.10 Å². The molecule has 0 aliphatic rings. The van der Waals surface area contributed by atoms with Crippen molar-refractivity contribution in [3.05, 3.63) is 77.6 Å². The number of carbonyl (C=O) groups excluding carboxylic acids is 1. The van der Waals surface area contributed by atoms with Crippen molar-refractivity contribution in [2.75, 3.05) is 13.7 Å². The molecule has 3 aromatic rings. The summed E-state index contributed by atoms with van der Waals surface area (Å²) in [5, 5.41) is 7.08. The Hall–Kier alpha value is -3.19. The molecule has 0 aliphatic carbocycles. The molecule has 0 saturated carbocycles. The number of aromatic nitrogens is 3. The SMILES string of the molecule is C=CCN(Cc1ccccc1)C(=O)Cn1c(-c2ccc(OC)cc2)n[nH]c1=S. The third kappa shape index (κ3) is 4.55. The Kier molecular flexibility index (Phi) is 6.39. The molecule has 28 heavy (non-hydrogen) atoms. The number of aromatic amines is 1. The van der Waals surface area contributed by atoms with Crippen molar-refractivity contribution in [3.8, 4) is 17.1 Å². The Morgan fingerprint density at radius 1 is 1.25 bits per heavy atom. The minimum absolute atomic E-state index is 0.0592. The Morgan fingerprint density at radius 3 is 2.61 bits per heavy atom. The van der Waals surface area contributed by atoms with E-state index in [4.69, 9.17) is 17.0 Å². The highest BCUT2D eigenvalue weighted by atomic mass is 32.1. The fourth-order valence-corrected chi connectivity index (χ4v) is 3.07. The van der Waals surface area contributed by atoms with Gasteiger partial charge < -0.3 is 9.64 Å². The minimum Gasteiger partial charge on any atom is -0.497 e. The lowest BCUT2D eigenvalue weighted by Gasteiger charge is -2.22. The summed E-state index contributed by atoms with van der Waals surface area (Å²) in [5.41, 5.74) is 1.91. The summed E-state index contributed by atoms with van der Waals surface area (Å²) in [7, 11) is 1.62. The molecule has 0 saturated heterocycles. The van der Waals surface area contributed by atoms with Crippen molar-refractivity contribution in [2.45, 2.75) is 13.1 Å². The first-order valence-electron chi connectivity index (χ1n) is 8.84. The maximum Gasteiger partial charge on any atom is 0.243 e. The first kappa shape index (κ1) is 19.6. The van der Waals surface area contributed by atoms with E-state index in [0.29, 0.717) is 23.7 Å². The average molecular weight is 395 g/mol. The zero-order valence-corrected chi connectivity index (χ0v) is 16.5. The van der Waals surface area contributed by atoms with Gasteiger partial charge in [0.15, 0.2) is 10.6 Å². The average Bonchev–Trinajstić information content (AvgIpc) is 3.08. The molecule has 144 valence electrons. The molecule has 1 heterocycles. The van der Waals surface area contributed by atoms with Crippen molar-refractivity contribution >= 4 is 18.1 Å². The van der Waals surface area contributed by atoms with Crippen LogP contribution in [-0.2, 0) is 17.9 Å². The van der Waals surface area contributed by atoms with Gasteiger partial charge in [-0.3, -0.25) is 14.5 Å². The standard InChI is InChI=1S/C21H22N4O2S/c1-3-13-24(14-16-7-5-4-6-8-16)19(26)15-25-20(22-23-21(25)28)17-9-11-18(27-2)12-10-17/h3-12H,1,13-15H2,2H3,(H,23,28). The number of carbonyl (C=O) groups is 1. The van der Waals surface area contributed by atoms with E-state index < -0.39 is 0 Å². The number of nitrogens with zero attached hydrogens (tertiary/aromatic N) is 3. The van der Waals surface area contributed by atoms with Crippen molar-refractivity contribution in [1.29, 1.82) is 0 Å².